The van der Waals surface area contributed by atoms with Crippen LogP contribution >= 0.6 is 0 Å². The van der Waals surface area contributed by atoms with Crippen LogP contribution in [0.25, 0.3) is 11.0 Å². The van der Waals surface area contributed by atoms with Crippen LogP contribution in [-0.2, 0) is 0 Å². The minimum absolute atomic E-state index is 0. The molecular weight excluding hydrogens is 376 g/mol. The topological polar surface area (TPSA) is 61.6 Å². The first-order chi connectivity index (χ1) is 14.2. The second-order valence-corrected chi connectivity index (χ2v) is 7.58. The van der Waals surface area contributed by atoms with Crippen LogP contribution in [0.1, 0.15) is 36.5 Å². The number of unbranched alkanes of at least 4 members (excludes halogenated alkanes) is 1. The fraction of sp³-hybridized carbons (Fsp3) is 0.417. The number of hydrogen-bond donors (Lipinski definition) is 1. The Hall–Kier alpha value is -2.86. The zero-order chi connectivity index (χ0) is 20.1. The van der Waals surface area contributed by atoms with E-state index in [0.717, 1.165) is 68.0 Å². The van der Waals surface area contributed by atoms with Crippen LogP contribution in [0.3, 0.4) is 0 Å². The number of rotatable bonds is 7. The Kier molecular flexibility index (Phi) is 7.46. The number of amides is 1. The first-order valence-electron chi connectivity index (χ1n) is 10.4. The monoisotopic (exact) mass is 408 g/mol. The van der Waals surface area contributed by atoms with Gasteiger partial charge in [-0.05, 0) is 50.6 Å². The van der Waals surface area contributed by atoms with Crippen molar-refractivity contribution in [1.29, 1.82) is 0 Å². The summed E-state index contributed by atoms with van der Waals surface area (Å²) >= 11 is 0. The lowest BCUT2D eigenvalue weighted by Gasteiger charge is -2.35. The predicted octanol–water partition coefficient (Wildman–Crippen LogP) is 4.10. The highest BCUT2D eigenvalue weighted by atomic mass is 16.3. The highest BCUT2D eigenvalue weighted by Crippen LogP contribution is 2.18. The number of anilines is 1. The number of aromatic nitrogens is 1. The Morgan fingerprint density at radius 2 is 1.87 bits per heavy atom. The summed E-state index contributed by atoms with van der Waals surface area (Å²) in [5, 5.41) is 3.92. The van der Waals surface area contributed by atoms with E-state index in [9.17, 15) is 4.79 Å². The smallest absolute Gasteiger partial charge is 0.287 e. The van der Waals surface area contributed by atoms with E-state index >= 15 is 0 Å². The first-order valence-corrected chi connectivity index (χ1v) is 10.4. The number of nitrogens with one attached hydrogen (secondary N) is 1. The third-order valence-corrected chi connectivity index (χ3v) is 5.41. The molecule has 0 radical (unpaired) electrons. The minimum Gasteiger partial charge on any atom is -0.451 e. The van der Waals surface area contributed by atoms with Gasteiger partial charge in [0.05, 0.1) is 0 Å². The number of furan rings is 1. The maximum absolute atomic E-state index is 12.2. The van der Waals surface area contributed by atoms with Gasteiger partial charge in [-0.15, -0.1) is 0 Å². The van der Waals surface area contributed by atoms with Gasteiger partial charge < -0.3 is 14.6 Å². The molecule has 160 valence electrons. The SMILES string of the molecule is C.Cc1cccc(N2CCN(CCCCNC(=O)c3cc4ccccc4o3)CC2)n1. The van der Waals surface area contributed by atoms with Crippen molar-refractivity contribution in [2.24, 2.45) is 0 Å². The number of para-hydroxylation sites is 1. The van der Waals surface area contributed by atoms with Gasteiger partial charge in [-0.25, -0.2) is 4.98 Å². The van der Waals surface area contributed by atoms with E-state index < -0.39 is 0 Å². The van der Waals surface area contributed by atoms with E-state index in [1.807, 2.05) is 37.3 Å². The van der Waals surface area contributed by atoms with Crippen molar-refractivity contribution in [2.45, 2.75) is 27.2 Å². The molecule has 1 aromatic carbocycles. The third-order valence-electron chi connectivity index (χ3n) is 5.41. The van der Waals surface area contributed by atoms with Gasteiger partial charge in [0.15, 0.2) is 5.76 Å². The molecule has 1 amide bonds. The summed E-state index contributed by atoms with van der Waals surface area (Å²) in [4.78, 5) is 21.7. The average molecular weight is 409 g/mol. The van der Waals surface area contributed by atoms with E-state index in [0.29, 0.717) is 12.3 Å². The minimum atomic E-state index is -0.138. The van der Waals surface area contributed by atoms with Crippen LogP contribution in [-0.4, -0.2) is 55.1 Å². The van der Waals surface area contributed by atoms with E-state index in [1.54, 1.807) is 6.07 Å². The normalized spacial score (nSPS) is 14.5. The molecule has 6 nitrogen and oxygen atoms in total. The summed E-state index contributed by atoms with van der Waals surface area (Å²) in [6, 6.07) is 15.7. The number of nitrogens with zero attached hydrogens (tertiary/aromatic N) is 3. The second-order valence-electron chi connectivity index (χ2n) is 7.58. The summed E-state index contributed by atoms with van der Waals surface area (Å²) in [5.41, 5.74) is 1.81. The first kappa shape index (κ1) is 21.8. The van der Waals surface area contributed by atoms with Crippen molar-refractivity contribution in [3.63, 3.8) is 0 Å². The molecule has 0 spiro atoms. The van der Waals surface area contributed by atoms with Gasteiger partial charge in [-0.2, -0.15) is 0 Å². The van der Waals surface area contributed by atoms with Gasteiger partial charge in [0.25, 0.3) is 5.91 Å². The molecule has 0 saturated carbocycles. The van der Waals surface area contributed by atoms with Crippen molar-refractivity contribution >= 4 is 22.7 Å². The predicted molar refractivity (Wildman–Crippen MR) is 122 cm³/mol. The number of carbonyl (C=O) groups excluding carboxylic acids is 1. The number of piperazine rings is 1. The maximum Gasteiger partial charge on any atom is 0.287 e. The zero-order valence-electron chi connectivity index (χ0n) is 16.9. The zero-order valence-corrected chi connectivity index (χ0v) is 16.9. The fourth-order valence-corrected chi connectivity index (χ4v) is 3.75. The van der Waals surface area contributed by atoms with Gasteiger partial charge in [0.2, 0.25) is 0 Å². The van der Waals surface area contributed by atoms with Crippen LogP contribution in [0.4, 0.5) is 5.82 Å². The third kappa shape index (κ3) is 5.39. The van der Waals surface area contributed by atoms with E-state index in [-0.39, 0.29) is 13.3 Å². The Bertz CT molecular complexity index is 928. The highest BCUT2D eigenvalue weighted by Gasteiger charge is 2.17. The highest BCUT2D eigenvalue weighted by molar-refractivity contribution is 5.96. The Balaban J connectivity index is 0.00000256. The molecule has 0 unspecified atom stereocenters. The lowest BCUT2D eigenvalue weighted by atomic mass is 10.2. The van der Waals surface area contributed by atoms with Crippen molar-refractivity contribution in [3.05, 3.63) is 60.0 Å². The number of carbonyl (C=O) groups is 1. The Morgan fingerprint density at radius 3 is 2.63 bits per heavy atom. The molecule has 1 N–H and O–H groups in total. The van der Waals surface area contributed by atoms with E-state index in [2.05, 4.69) is 32.2 Å². The standard InChI is InChI=1S/C23H28N4O2.CH4/c1-18-7-6-10-22(25-18)27-15-13-26(14-16-27)12-5-4-11-24-23(28)21-17-19-8-2-3-9-20(19)29-21;/h2-3,6-10,17H,4-5,11-16H2,1H3,(H,24,28);1H4. The average Bonchev–Trinajstić information content (AvgIpc) is 3.18. The summed E-state index contributed by atoms with van der Waals surface area (Å²) in [5.74, 6) is 1.32. The molecule has 1 aliphatic heterocycles. The van der Waals surface area contributed by atoms with Gasteiger partial charge in [-0.1, -0.05) is 31.7 Å². The summed E-state index contributed by atoms with van der Waals surface area (Å²) < 4.78 is 5.61. The van der Waals surface area contributed by atoms with E-state index in [4.69, 9.17) is 4.42 Å². The van der Waals surface area contributed by atoms with Crippen molar-refractivity contribution in [1.82, 2.24) is 15.2 Å². The Morgan fingerprint density at radius 1 is 1.07 bits per heavy atom. The van der Waals surface area contributed by atoms with Gasteiger partial charge in [-0.3, -0.25) is 9.69 Å². The van der Waals surface area contributed by atoms with Crippen LogP contribution in [0.2, 0.25) is 0 Å². The molecule has 30 heavy (non-hydrogen) atoms. The van der Waals surface area contributed by atoms with E-state index in [1.165, 1.54) is 0 Å². The summed E-state index contributed by atoms with van der Waals surface area (Å²) in [7, 11) is 0. The Labute approximate surface area is 178 Å². The van der Waals surface area contributed by atoms with Gasteiger partial charge in [0, 0.05) is 43.8 Å². The maximum atomic E-state index is 12.2. The molecule has 6 heteroatoms. The molecule has 1 fully saturated rings. The molecule has 0 aliphatic carbocycles. The lowest BCUT2D eigenvalue weighted by Crippen LogP contribution is -2.47. The molecule has 1 aliphatic rings. The second kappa shape index (κ2) is 10.3. The number of fused-ring (bicyclic) bond motifs is 1. The summed E-state index contributed by atoms with van der Waals surface area (Å²) in [6.45, 7) is 7.91. The molecule has 4 rings (SSSR count). The summed E-state index contributed by atoms with van der Waals surface area (Å²) in [6.07, 6.45) is 2.04. The number of benzene rings is 1. The molecule has 2 aromatic heterocycles. The molecule has 0 bridgehead atoms. The van der Waals surface area contributed by atoms with Crippen molar-refractivity contribution < 1.29 is 9.21 Å². The molecule has 3 heterocycles. The number of hydrogen-bond acceptors (Lipinski definition) is 5. The van der Waals surface area contributed by atoms with Gasteiger partial charge in [0.1, 0.15) is 11.4 Å². The molecular formula is C24H32N4O2. The van der Waals surface area contributed by atoms with Crippen molar-refractivity contribution in [3.8, 4) is 0 Å². The lowest BCUT2D eigenvalue weighted by molar-refractivity contribution is 0.0927. The number of pyridine rings is 1. The van der Waals surface area contributed by atoms with Crippen LogP contribution < -0.4 is 10.2 Å². The van der Waals surface area contributed by atoms with Crippen LogP contribution in [0, 0.1) is 6.92 Å². The largest absolute Gasteiger partial charge is 0.451 e. The molecule has 3 aromatic rings. The molecule has 1 saturated heterocycles. The fourth-order valence-electron chi connectivity index (χ4n) is 3.75. The van der Waals surface area contributed by atoms with Crippen LogP contribution in [0.5, 0.6) is 0 Å². The molecule has 0 atom stereocenters. The quantitative estimate of drug-likeness (QED) is 0.596. The van der Waals surface area contributed by atoms with Crippen LogP contribution in [0.15, 0.2) is 52.9 Å². The van der Waals surface area contributed by atoms with Gasteiger partial charge >= 0.3 is 0 Å². The van der Waals surface area contributed by atoms with Crippen molar-refractivity contribution in [2.75, 3.05) is 44.2 Å². The number of aryl methyl sites for hydroxylation is 1.